The lowest BCUT2D eigenvalue weighted by Gasteiger charge is -2.29. The molecule has 7 nitrogen and oxygen atoms in total. The molecule has 0 spiro atoms. The lowest BCUT2D eigenvalue weighted by molar-refractivity contribution is 0.122. The highest BCUT2D eigenvalue weighted by Gasteiger charge is 2.15. The second-order valence-corrected chi connectivity index (χ2v) is 6.78. The van der Waals surface area contributed by atoms with E-state index < -0.39 is 0 Å². The van der Waals surface area contributed by atoms with Gasteiger partial charge in [0.05, 0.1) is 39.7 Å². The number of hydrogen-bond donors (Lipinski definition) is 2. The first-order valence-corrected chi connectivity index (χ1v) is 10.0. The third kappa shape index (κ3) is 5.54. The molecule has 2 N–H and O–H groups in total. The Balaban J connectivity index is 1.70. The highest BCUT2D eigenvalue weighted by atomic mass is 19.1. The average Bonchev–Trinajstić information content (AvgIpc) is 2.78. The number of hydrogen-bond acceptors (Lipinski definition) is 5. The van der Waals surface area contributed by atoms with Crippen LogP contribution in [0.5, 0.6) is 11.5 Å². The van der Waals surface area contributed by atoms with Gasteiger partial charge >= 0.3 is 0 Å². The fourth-order valence-corrected chi connectivity index (χ4v) is 3.24. The van der Waals surface area contributed by atoms with Crippen LogP contribution in [0.4, 0.5) is 15.8 Å². The molecule has 1 fully saturated rings. The Labute approximate surface area is 176 Å². The standard InChI is InChI=1S/C22H29FN4O3/c1-4-24-22(26-17-6-8-20(28-2)21(14-17)29-3)25-15-16-5-7-19(18(23)13-16)27-9-11-30-12-10-27/h5-8,13-14H,4,9-12,15H2,1-3H3,(H2,24,25,26). The molecule has 1 saturated heterocycles. The van der Waals surface area contributed by atoms with Crippen molar-refractivity contribution in [3.05, 3.63) is 47.8 Å². The molecule has 0 amide bonds. The summed E-state index contributed by atoms with van der Waals surface area (Å²) in [6.45, 7) is 5.69. The smallest absolute Gasteiger partial charge is 0.196 e. The molecule has 0 radical (unpaired) electrons. The third-order valence-electron chi connectivity index (χ3n) is 4.77. The van der Waals surface area contributed by atoms with E-state index in [-0.39, 0.29) is 5.82 Å². The zero-order chi connectivity index (χ0) is 21.3. The maximum atomic E-state index is 14.6. The van der Waals surface area contributed by atoms with Crippen LogP contribution < -0.4 is 25.0 Å². The van der Waals surface area contributed by atoms with E-state index in [0.717, 1.165) is 11.3 Å². The van der Waals surface area contributed by atoms with Gasteiger partial charge in [-0.3, -0.25) is 0 Å². The molecule has 30 heavy (non-hydrogen) atoms. The van der Waals surface area contributed by atoms with Gasteiger partial charge in [0.2, 0.25) is 0 Å². The Morgan fingerprint density at radius 3 is 2.53 bits per heavy atom. The van der Waals surface area contributed by atoms with Gasteiger partial charge in [-0.15, -0.1) is 0 Å². The Bertz CT molecular complexity index is 869. The molecule has 1 aliphatic heterocycles. The van der Waals surface area contributed by atoms with E-state index in [9.17, 15) is 4.39 Å². The predicted octanol–water partition coefficient (Wildman–Crippen LogP) is 3.26. The van der Waals surface area contributed by atoms with Crippen molar-refractivity contribution in [3.63, 3.8) is 0 Å². The molecule has 0 unspecified atom stereocenters. The number of nitrogens with one attached hydrogen (secondary N) is 2. The van der Waals surface area contributed by atoms with E-state index in [1.54, 1.807) is 20.3 Å². The minimum Gasteiger partial charge on any atom is -0.493 e. The Morgan fingerprint density at radius 1 is 1.10 bits per heavy atom. The first kappa shape index (κ1) is 21.7. The maximum absolute atomic E-state index is 14.6. The van der Waals surface area contributed by atoms with Crippen molar-refractivity contribution in [2.45, 2.75) is 13.5 Å². The molecule has 0 aromatic heterocycles. The monoisotopic (exact) mass is 416 g/mol. The first-order valence-electron chi connectivity index (χ1n) is 10.0. The number of nitrogens with zero attached hydrogens (tertiary/aromatic N) is 2. The Hall–Kier alpha value is -3.00. The molecule has 8 heteroatoms. The summed E-state index contributed by atoms with van der Waals surface area (Å²) in [6, 6.07) is 10.8. The molecule has 2 aromatic rings. The van der Waals surface area contributed by atoms with Crippen molar-refractivity contribution in [2.24, 2.45) is 4.99 Å². The zero-order valence-corrected chi connectivity index (χ0v) is 17.7. The van der Waals surface area contributed by atoms with Crippen LogP contribution in [-0.4, -0.2) is 53.0 Å². The number of morpholine rings is 1. The molecular formula is C22H29FN4O3. The summed E-state index contributed by atoms with van der Waals surface area (Å²) in [5.74, 6) is 1.64. The number of halogens is 1. The van der Waals surface area contributed by atoms with Crippen molar-refractivity contribution in [1.29, 1.82) is 0 Å². The topological polar surface area (TPSA) is 67.4 Å². The van der Waals surface area contributed by atoms with Crippen LogP contribution in [0.2, 0.25) is 0 Å². The predicted molar refractivity (Wildman–Crippen MR) is 117 cm³/mol. The molecule has 162 valence electrons. The van der Waals surface area contributed by atoms with Crippen LogP contribution in [0.25, 0.3) is 0 Å². The lowest BCUT2D eigenvalue weighted by atomic mass is 10.1. The van der Waals surface area contributed by atoms with Crippen LogP contribution in [0.3, 0.4) is 0 Å². The van der Waals surface area contributed by atoms with E-state index >= 15 is 0 Å². The highest BCUT2D eigenvalue weighted by molar-refractivity contribution is 5.93. The van der Waals surface area contributed by atoms with Gasteiger partial charge < -0.3 is 29.7 Å². The third-order valence-corrected chi connectivity index (χ3v) is 4.77. The van der Waals surface area contributed by atoms with Gasteiger partial charge in [0.25, 0.3) is 0 Å². The van der Waals surface area contributed by atoms with Gasteiger partial charge in [-0.05, 0) is 36.8 Å². The van der Waals surface area contributed by atoms with Gasteiger partial charge in [-0.1, -0.05) is 6.07 Å². The summed E-state index contributed by atoms with van der Waals surface area (Å²) in [6.07, 6.45) is 0. The largest absolute Gasteiger partial charge is 0.493 e. The second-order valence-electron chi connectivity index (χ2n) is 6.78. The molecule has 1 aliphatic rings. The summed E-state index contributed by atoms with van der Waals surface area (Å²) >= 11 is 0. The van der Waals surface area contributed by atoms with E-state index in [4.69, 9.17) is 14.2 Å². The van der Waals surface area contributed by atoms with E-state index in [1.165, 1.54) is 0 Å². The summed E-state index contributed by atoms with van der Waals surface area (Å²) < 4.78 is 30.6. The Morgan fingerprint density at radius 2 is 1.87 bits per heavy atom. The fraction of sp³-hybridized carbons (Fsp3) is 0.409. The van der Waals surface area contributed by atoms with Gasteiger partial charge in [0, 0.05) is 31.4 Å². The van der Waals surface area contributed by atoms with Crippen LogP contribution >= 0.6 is 0 Å². The molecular weight excluding hydrogens is 387 g/mol. The number of guanidine groups is 1. The summed E-state index contributed by atoms with van der Waals surface area (Å²) in [4.78, 5) is 6.59. The molecule has 3 rings (SSSR count). The number of methoxy groups -OCH3 is 2. The molecule has 2 aromatic carbocycles. The van der Waals surface area contributed by atoms with Crippen LogP contribution in [0, 0.1) is 5.82 Å². The number of rotatable bonds is 7. The van der Waals surface area contributed by atoms with Crippen molar-refractivity contribution in [2.75, 3.05) is 57.3 Å². The van der Waals surface area contributed by atoms with Gasteiger partial charge in [-0.2, -0.15) is 0 Å². The average molecular weight is 416 g/mol. The van der Waals surface area contributed by atoms with Gasteiger partial charge in [0.1, 0.15) is 5.82 Å². The quantitative estimate of drug-likeness (QED) is 0.534. The molecule has 0 saturated carbocycles. The highest BCUT2D eigenvalue weighted by Crippen LogP contribution is 2.29. The lowest BCUT2D eigenvalue weighted by Crippen LogP contribution is -2.36. The van der Waals surface area contributed by atoms with Gasteiger partial charge in [0.15, 0.2) is 17.5 Å². The number of anilines is 2. The van der Waals surface area contributed by atoms with Crippen LogP contribution in [-0.2, 0) is 11.3 Å². The van der Waals surface area contributed by atoms with Crippen LogP contribution in [0.15, 0.2) is 41.4 Å². The van der Waals surface area contributed by atoms with E-state index in [1.807, 2.05) is 42.2 Å². The van der Waals surface area contributed by atoms with Crippen molar-refractivity contribution < 1.29 is 18.6 Å². The summed E-state index contributed by atoms with van der Waals surface area (Å²) in [5.41, 5.74) is 2.22. The van der Waals surface area contributed by atoms with Crippen molar-refractivity contribution in [3.8, 4) is 11.5 Å². The molecule has 0 bridgehead atoms. The van der Waals surface area contributed by atoms with Crippen LogP contribution in [0.1, 0.15) is 12.5 Å². The normalized spacial score (nSPS) is 14.4. The number of ether oxygens (including phenoxy) is 3. The molecule has 0 atom stereocenters. The first-order chi connectivity index (χ1) is 14.6. The number of benzene rings is 2. The molecule has 1 heterocycles. The number of aliphatic imine (C=N–C) groups is 1. The summed E-state index contributed by atoms with van der Waals surface area (Å²) in [7, 11) is 3.19. The Kier molecular flexibility index (Phi) is 7.73. The van der Waals surface area contributed by atoms with Crippen molar-refractivity contribution >= 4 is 17.3 Å². The van der Waals surface area contributed by atoms with E-state index in [0.29, 0.717) is 62.5 Å². The van der Waals surface area contributed by atoms with E-state index in [2.05, 4.69) is 15.6 Å². The maximum Gasteiger partial charge on any atom is 0.196 e. The SMILES string of the molecule is CCNC(=NCc1ccc(N2CCOCC2)c(F)c1)Nc1ccc(OC)c(OC)c1. The van der Waals surface area contributed by atoms with Gasteiger partial charge in [-0.25, -0.2) is 9.38 Å². The molecule has 0 aliphatic carbocycles. The minimum atomic E-state index is -0.234. The summed E-state index contributed by atoms with van der Waals surface area (Å²) in [5, 5.41) is 6.44. The minimum absolute atomic E-state index is 0.234. The zero-order valence-electron chi connectivity index (χ0n) is 17.7. The van der Waals surface area contributed by atoms with Crippen molar-refractivity contribution in [1.82, 2.24) is 5.32 Å². The fourth-order valence-electron chi connectivity index (χ4n) is 3.24. The second kappa shape index (κ2) is 10.7.